The van der Waals surface area contributed by atoms with Gasteiger partial charge in [-0.1, -0.05) is 74.5 Å². The third kappa shape index (κ3) is 7.09. The molecule has 0 bridgehead atoms. The van der Waals surface area contributed by atoms with Crippen LogP contribution in [0.4, 0.5) is 0 Å². The van der Waals surface area contributed by atoms with E-state index in [1.54, 1.807) is 7.11 Å². The van der Waals surface area contributed by atoms with Gasteiger partial charge in [-0.15, -0.1) is 0 Å². The van der Waals surface area contributed by atoms with Crippen molar-refractivity contribution in [2.24, 2.45) is 11.0 Å². The van der Waals surface area contributed by atoms with Crippen molar-refractivity contribution in [3.05, 3.63) is 95.6 Å². The molecular formula is C34H42N4O3. The summed E-state index contributed by atoms with van der Waals surface area (Å²) in [6.07, 6.45) is 3.62. The highest BCUT2D eigenvalue weighted by Crippen LogP contribution is 2.31. The lowest BCUT2D eigenvalue weighted by Crippen LogP contribution is -2.53. The van der Waals surface area contributed by atoms with E-state index in [1.807, 2.05) is 34.3 Å². The number of carbonyl (C=O) groups is 1. The highest BCUT2D eigenvalue weighted by atomic mass is 16.5. The monoisotopic (exact) mass is 554 g/mol. The lowest BCUT2D eigenvalue weighted by atomic mass is 9.96. The number of benzene rings is 3. The average molecular weight is 555 g/mol. The van der Waals surface area contributed by atoms with Crippen LogP contribution >= 0.6 is 0 Å². The highest BCUT2D eigenvalue weighted by Gasteiger charge is 2.35. The van der Waals surface area contributed by atoms with Crippen molar-refractivity contribution in [3.63, 3.8) is 0 Å². The molecule has 1 amide bonds. The third-order valence-electron chi connectivity index (χ3n) is 7.85. The summed E-state index contributed by atoms with van der Waals surface area (Å²) in [5.74, 6) is 2.02. The van der Waals surface area contributed by atoms with Gasteiger partial charge in [-0.3, -0.25) is 14.7 Å². The molecule has 0 radical (unpaired) electrons. The molecule has 216 valence electrons. The van der Waals surface area contributed by atoms with Crippen LogP contribution in [-0.4, -0.2) is 79.4 Å². The Hall–Kier alpha value is -3.84. The van der Waals surface area contributed by atoms with Crippen molar-refractivity contribution in [1.29, 1.82) is 0 Å². The molecule has 7 heteroatoms. The maximum Gasteiger partial charge on any atom is 0.247 e. The molecule has 2 saturated heterocycles. The third-order valence-corrected chi connectivity index (χ3v) is 7.85. The molecule has 5 rings (SSSR count). The molecular weight excluding hydrogens is 512 g/mol. The number of amides is 1. The summed E-state index contributed by atoms with van der Waals surface area (Å²) in [5, 5.41) is 6.72. The summed E-state index contributed by atoms with van der Waals surface area (Å²) in [5.41, 5.74) is 3.49. The van der Waals surface area contributed by atoms with E-state index in [-0.39, 0.29) is 18.0 Å². The average Bonchev–Trinajstić information content (AvgIpc) is 3.49. The fourth-order valence-electron chi connectivity index (χ4n) is 5.72. The number of methoxy groups -OCH3 is 1. The Bertz CT molecular complexity index is 1250. The molecule has 0 unspecified atom stereocenters. The first kappa shape index (κ1) is 28.7. The van der Waals surface area contributed by atoms with E-state index in [0.717, 1.165) is 51.1 Å². The second-order valence-electron chi connectivity index (χ2n) is 11.3. The highest BCUT2D eigenvalue weighted by molar-refractivity contribution is 5.83. The minimum atomic E-state index is -0.216. The van der Waals surface area contributed by atoms with Crippen molar-refractivity contribution < 1.29 is 14.3 Å². The van der Waals surface area contributed by atoms with Crippen molar-refractivity contribution in [1.82, 2.24) is 14.8 Å². The van der Waals surface area contributed by atoms with Gasteiger partial charge in [0.25, 0.3) is 0 Å². The van der Waals surface area contributed by atoms with E-state index in [2.05, 4.69) is 79.4 Å². The summed E-state index contributed by atoms with van der Waals surface area (Å²) in [7, 11) is 1.65. The lowest BCUT2D eigenvalue weighted by molar-refractivity contribution is -0.138. The number of hydrogen-bond donors (Lipinski definition) is 0. The molecule has 0 saturated carbocycles. The normalized spacial score (nSPS) is 18.0. The van der Waals surface area contributed by atoms with Gasteiger partial charge in [-0.05, 0) is 53.6 Å². The van der Waals surface area contributed by atoms with Crippen LogP contribution in [0.15, 0.2) is 84.0 Å². The molecule has 0 aromatic heterocycles. The summed E-state index contributed by atoms with van der Waals surface area (Å²) in [6.45, 7) is 8.74. The zero-order valence-corrected chi connectivity index (χ0v) is 24.5. The number of rotatable bonds is 10. The number of piperazine rings is 1. The van der Waals surface area contributed by atoms with Gasteiger partial charge in [0.15, 0.2) is 11.5 Å². The molecule has 1 atom stereocenters. The quantitative estimate of drug-likeness (QED) is 0.312. The smallest absolute Gasteiger partial charge is 0.247 e. The Morgan fingerprint density at radius 2 is 1.56 bits per heavy atom. The Kier molecular flexibility index (Phi) is 9.57. The van der Waals surface area contributed by atoms with Crippen molar-refractivity contribution in [3.8, 4) is 11.5 Å². The Labute approximate surface area is 244 Å². The van der Waals surface area contributed by atoms with Crippen LogP contribution in [0.2, 0.25) is 0 Å². The first-order valence-corrected chi connectivity index (χ1v) is 14.8. The standard InChI is InChI=1S/C34H42N4O3/c1-26(2)25-41-32-23-27(16-17-31(32)40-3)24-35-38-18-10-15-30(38)34(39)37-21-19-36(20-22-37)33(28-11-6-4-7-12-28)29-13-8-5-9-14-29/h4-9,11-14,16-17,23-24,26,30,33H,10,15,18-22,25H2,1-3H3/b35-24+/t30-/m0/s1. The van der Waals surface area contributed by atoms with Crippen LogP contribution < -0.4 is 9.47 Å². The fourth-order valence-corrected chi connectivity index (χ4v) is 5.72. The van der Waals surface area contributed by atoms with Gasteiger partial charge >= 0.3 is 0 Å². The second kappa shape index (κ2) is 13.7. The van der Waals surface area contributed by atoms with Gasteiger partial charge in [0.1, 0.15) is 6.04 Å². The number of nitrogens with zero attached hydrogens (tertiary/aromatic N) is 4. The molecule has 0 aliphatic carbocycles. The largest absolute Gasteiger partial charge is 0.493 e. The second-order valence-corrected chi connectivity index (χ2v) is 11.3. The van der Waals surface area contributed by atoms with Crippen LogP contribution in [-0.2, 0) is 4.79 Å². The molecule has 0 N–H and O–H groups in total. The van der Waals surface area contributed by atoms with Crippen LogP contribution in [0.25, 0.3) is 0 Å². The number of hydrogen-bond acceptors (Lipinski definition) is 6. The van der Waals surface area contributed by atoms with Crippen LogP contribution in [0.1, 0.15) is 49.4 Å². The van der Waals surface area contributed by atoms with Gasteiger partial charge in [0.05, 0.1) is 26.0 Å². The Balaban J connectivity index is 1.23. The molecule has 2 fully saturated rings. The molecule has 3 aromatic rings. The van der Waals surface area contributed by atoms with Gasteiger partial charge in [-0.25, -0.2) is 0 Å². The van der Waals surface area contributed by atoms with Crippen molar-refractivity contribution in [2.75, 3.05) is 46.4 Å². The molecule has 2 aliphatic rings. The minimum Gasteiger partial charge on any atom is -0.493 e. The topological polar surface area (TPSA) is 57.6 Å². The maximum atomic E-state index is 13.7. The van der Waals surface area contributed by atoms with E-state index in [1.165, 1.54) is 11.1 Å². The summed E-state index contributed by atoms with van der Waals surface area (Å²) in [6, 6.07) is 27.1. The predicted octanol–water partition coefficient (Wildman–Crippen LogP) is 5.46. The zero-order chi connectivity index (χ0) is 28.6. The van der Waals surface area contributed by atoms with Crippen LogP contribution in [0.5, 0.6) is 11.5 Å². The summed E-state index contributed by atoms with van der Waals surface area (Å²) < 4.78 is 11.4. The van der Waals surface area contributed by atoms with Gasteiger partial charge in [0, 0.05) is 32.7 Å². The lowest BCUT2D eigenvalue weighted by Gasteiger charge is -2.41. The van der Waals surface area contributed by atoms with Gasteiger partial charge < -0.3 is 14.4 Å². The maximum absolute atomic E-state index is 13.7. The first-order chi connectivity index (χ1) is 20.0. The van der Waals surface area contributed by atoms with Crippen molar-refractivity contribution >= 4 is 12.1 Å². The van der Waals surface area contributed by atoms with Crippen LogP contribution in [0, 0.1) is 5.92 Å². The molecule has 41 heavy (non-hydrogen) atoms. The van der Waals surface area contributed by atoms with Crippen molar-refractivity contribution in [2.45, 2.75) is 38.8 Å². The molecule has 7 nitrogen and oxygen atoms in total. The SMILES string of the molecule is COc1ccc(/C=N/N2CCC[C@H]2C(=O)N2CCN(C(c3ccccc3)c3ccccc3)CC2)cc1OCC(C)C. The number of carbonyl (C=O) groups excluding carboxylic acids is 1. The van der Waals surface area contributed by atoms with E-state index in [0.29, 0.717) is 24.0 Å². The van der Waals surface area contributed by atoms with E-state index < -0.39 is 0 Å². The predicted molar refractivity (Wildman–Crippen MR) is 164 cm³/mol. The molecule has 0 spiro atoms. The molecule has 2 heterocycles. The van der Waals surface area contributed by atoms with Gasteiger partial charge in [-0.2, -0.15) is 5.10 Å². The first-order valence-electron chi connectivity index (χ1n) is 14.8. The van der Waals surface area contributed by atoms with E-state index in [4.69, 9.17) is 14.6 Å². The zero-order valence-electron chi connectivity index (χ0n) is 24.5. The van der Waals surface area contributed by atoms with Gasteiger partial charge in [0.2, 0.25) is 5.91 Å². The minimum absolute atomic E-state index is 0.182. The summed E-state index contributed by atoms with van der Waals surface area (Å²) >= 11 is 0. The number of hydrazone groups is 1. The fraction of sp³-hybridized carbons (Fsp3) is 0.412. The Morgan fingerprint density at radius 1 is 0.902 bits per heavy atom. The number of ether oxygens (including phenoxy) is 2. The van der Waals surface area contributed by atoms with Crippen LogP contribution in [0.3, 0.4) is 0 Å². The summed E-state index contributed by atoms with van der Waals surface area (Å²) in [4.78, 5) is 18.2. The van der Waals surface area contributed by atoms with E-state index in [9.17, 15) is 4.79 Å². The molecule has 2 aliphatic heterocycles. The Morgan fingerprint density at radius 3 is 2.17 bits per heavy atom. The molecule has 3 aromatic carbocycles. The van der Waals surface area contributed by atoms with E-state index >= 15 is 0 Å².